The van der Waals surface area contributed by atoms with Crippen LogP contribution in [0.25, 0.3) is 16.6 Å². The van der Waals surface area contributed by atoms with Gasteiger partial charge in [-0.2, -0.15) is 0 Å². The predicted molar refractivity (Wildman–Crippen MR) is 106 cm³/mol. The van der Waals surface area contributed by atoms with E-state index < -0.39 is 9.84 Å². The average Bonchev–Trinajstić information content (AvgIpc) is 3.07. The van der Waals surface area contributed by atoms with Crippen molar-refractivity contribution < 1.29 is 13.2 Å². The zero-order valence-corrected chi connectivity index (χ0v) is 16.1. The summed E-state index contributed by atoms with van der Waals surface area (Å²) in [4.78, 5) is 31.2. The second-order valence-electron chi connectivity index (χ2n) is 6.96. The zero-order valence-electron chi connectivity index (χ0n) is 15.3. The van der Waals surface area contributed by atoms with Crippen molar-refractivity contribution in [1.29, 1.82) is 0 Å². The summed E-state index contributed by atoms with van der Waals surface area (Å²) in [5.74, 6) is -0.116. The first-order valence-corrected chi connectivity index (χ1v) is 10.7. The molecule has 0 aliphatic carbocycles. The van der Waals surface area contributed by atoms with E-state index in [0.717, 1.165) is 0 Å². The molecule has 0 spiro atoms. The number of nitrogens with zero attached hydrogens (tertiary/aromatic N) is 3. The maximum Gasteiger partial charge on any atom is 0.265 e. The molecule has 2 aromatic carbocycles. The number of para-hydroxylation sites is 1. The van der Waals surface area contributed by atoms with Crippen molar-refractivity contribution >= 4 is 26.6 Å². The third-order valence-electron chi connectivity index (χ3n) is 5.13. The number of benzene rings is 2. The molecular weight excluding hydrogens is 378 g/mol. The van der Waals surface area contributed by atoms with E-state index in [-0.39, 0.29) is 29.0 Å². The van der Waals surface area contributed by atoms with Crippen LogP contribution in [0, 0.1) is 0 Å². The van der Waals surface area contributed by atoms with E-state index in [0.29, 0.717) is 28.6 Å². The monoisotopic (exact) mass is 397 g/mol. The first kappa shape index (κ1) is 18.4. The molecule has 0 saturated carbocycles. The SMILES string of the molecule is CN(C(=O)c1ccc(-n2cnc3ccccc3c2=O)cc1)C1CCS(=O)(=O)C1. The number of fused-ring (bicyclic) bond motifs is 1. The van der Waals surface area contributed by atoms with E-state index in [9.17, 15) is 18.0 Å². The zero-order chi connectivity index (χ0) is 19.9. The summed E-state index contributed by atoms with van der Waals surface area (Å²) < 4.78 is 24.7. The minimum atomic E-state index is -3.06. The fourth-order valence-electron chi connectivity index (χ4n) is 3.47. The summed E-state index contributed by atoms with van der Waals surface area (Å²) in [5.41, 5.74) is 1.49. The highest BCUT2D eigenvalue weighted by atomic mass is 32.2. The Labute approximate surface area is 162 Å². The maximum absolute atomic E-state index is 12.7. The van der Waals surface area contributed by atoms with Crippen molar-refractivity contribution in [3.8, 4) is 5.69 Å². The number of hydrogen-bond acceptors (Lipinski definition) is 5. The van der Waals surface area contributed by atoms with Gasteiger partial charge in [0.15, 0.2) is 9.84 Å². The first-order valence-electron chi connectivity index (χ1n) is 8.90. The Kier molecular flexibility index (Phi) is 4.50. The van der Waals surface area contributed by atoms with E-state index in [4.69, 9.17) is 0 Å². The average molecular weight is 397 g/mol. The lowest BCUT2D eigenvalue weighted by Gasteiger charge is -2.23. The van der Waals surface area contributed by atoms with Gasteiger partial charge in [0, 0.05) is 18.7 Å². The molecule has 1 unspecified atom stereocenters. The quantitative estimate of drug-likeness (QED) is 0.670. The van der Waals surface area contributed by atoms with Crippen LogP contribution in [0.2, 0.25) is 0 Å². The highest BCUT2D eigenvalue weighted by Crippen LogP contribution is 2.19. The second-order valence-corrected chi connectivity index (χ2v) is 9.19. The van der Waals surface area contributed by atoms with Crippen LogP contribution in [-0.2, 0) is 9.84 Å². The summed E-state index contributed by atoms with van der Waals surface area (Å²) in [7, 11) is -1.44. The molecule has 28 heavy (non-hydrogen) atoms. The van der Waals surface area contributed by atoms with Crippen LogP contribution in [0.5, 0.6) is 0 Å². The summed E-state index contributed by atoms with van der Waals surface area (Å²) in [5, 5.41) is 0.521. The fourth-order valence-corrected chi connectivity index (χ4v) is 5.24. The molecule has 1 aromatic heterocycles. The van der Waals surface area contributed by atoms with Crippen molar-refractivity contribution in [3.05, 3.63) is 70.8 Å². The van der Waals surface area contributed by atoms with Gasteiger partial charge < -0.3 is 4.90 Å². The number of hydrogen-bond donors (Lipinski definition) is 0. The molecule has 1 fully saturated rings. The lowest BCUT2D eigenvalue weighted by Crippen LogP contribution is -2.37. The van der Waals surface area contributed by atoms with Crippen LogP contribution in [0.4, 0.5) is 0 Å². The third kappa shape index (κ3) is 3.31. The minimum Gasteiger partial charge on any atom is -0.338 e. The summed E-state index contributed by atoms with van der Waals surface area (Å²) in [6.45, 7) is 0. The highest BCUT2D eigenvalue weighted by molar-refractivity contribution is 7.91. The largest absolute Gasteiger partial charge is 0.338 e. The van der Waals surface area contributed by atoms with Gasteiger partial charge in [-0.05, 0) is 42.8 Å². The molecule has 144 valence electrons. The van der Waals surface area contributed by atoms with Crippen LogP contribution in [-0.4, -0.2) is 53.4 Å². The van der Waals surface area contributed by atoms with Crippen molar-refractivity contribution in [2.75, 3.05) is 18.6 Å². The third-order valence-corrected chi connectivity index (χ3v) is 6.88. The van der Waals surface area contributed by atoms with Crippen LogP contribution < -0.4 is 5.56 Å². The molecule has 7 nitrogen and oxygen atoms in total. The summed E-state index contributed by atoms with van der Waals surface area (Å²) >= 11 is 0. The highest BCUT2D eigenvalue weighted by Gasteiger charge is 2.33. The maximum atomic E-state index is 12.7. The van der Waals surface area contributed by atoms with Crippen LogP contribution in [0.1, 0.15) is 16.8 Å². The number of carbonyl (C=O) groups excluding carboxylic acids is 1. The van der Waals surface area contributed by atoms with Gasteiger partial charge in [-0.15, -0.1) is 0 Å². The molecule has 0 bridgehead atoms. The van der Waals surface area contributed by atoms with E-state index in [1.165, 1.54) is 15.8 Å². The Bertz CT molecular complexity index is 1220. The van der Waals surface area contributed by atoms with Crippen molar-refractivity contribution in [3.63, 3.8) is 0 Å². The van der Waals surface area contributed by atoms with Gasteiger partial charge in [-0.1, -0.05) is 12.1 Å². The molecule has 1 amide bonds. The van der Waals surface area contributed by atoms with Crippen molar-refractivity contribution in [2.45, 2.75) is 12.5 Å². The van der Waals surface area contributed by atoms with E-state index in [1.54, 1.807) is 49.5 Å². The standard InChI is InChI=1S/C20H19N3O4S/c1-22(16-10-11-28(26,27)12-16)19(24)14-6-8-15(9-7-14)23-13-21-18-5-3-2-4-17(18)20(23)25/h2-9,13,16H,10-12H2,1H3. The lowest BCUT2D eigenvalue weighted by atomic mass is 10.1. The minimum absolute atomic E-state index is 0.00543. The van der Waals surface area contributed by atoms with Crippen molar-refractivity contribution in [1.82, 2.24) is 14.5 Å². The Morgan fingerprint density at radius 2 is 1.86 bits per heavy atom. The Morgan fingerprint density at radius 3 is 2.54 bits per heavy atom. The van der Waals surface area contributed by atoms with Crippen LogP contribution in [0.15, 0.2) is 59.7 Å². The van der Waals surface area contributed by atoms with Gasteiger partial charge in [0.1, 0.15) is 6.33 Å². The van der Waals surface area contributed by atoms with E-state index in [2.05, 4.69) is 4.98 Å². The number of rotatable bonds is 3. The van der Waals surface area contributed by atoms with E-state index >= 15 is 0 Å². The van der Waals surface area contributed by atoms with Gasteiger partial charge in [0.25, 0.3) is 11.5 Å². The molecule has 1 aliphatic rings. The molecule has 0 N–H and O–H groups in total. The number of amides is 1. The molecule has 1 aliphatic heterocycles. The fraction of sp³-hybridized carbons (Fsp3) is 0.250. The lowest BCUT2D eigenvalue weighted by molar-refractivity contribution is 0.0747. The molecule has 3 aromatic rings. The Balaban J connectivity index is 1.60. The topological polar surface area (TPSA) is 89.3 Å². The normalized spacial score (nSPS) is 18.2. The van der Waals surface area contributed by atoms with Crippen molar-refractivity contribution in [2.24, 2.45) is 0 Å². The molecular formula is C20H19N3O4S. The molecule has 0 radical (unpaired) electrons. The Hall–Kier alpha value is -3.00. The summed E-state index contributed by atoms with van der Waals surface area (Å²) in [6.07, 6.45) is 1.93. The molecule has 8 heteroatoms. The second kappa shape index (κ2) is 6.87. The van der Waals surface area contributed by atoms with Gasteiger partial charge >= 0.3 is 0 Å². The molecule has 2 heterocycles. The van der Waals surface area contributed by atoms with Gasteiger partial charge in [-0.25, -0.2) is 13.4 Å². The summed E-state index contributed by atoms with van der Waals surface area (Å²) in [6, 6.07) is 13.5. The van der Waals surface area contributed by atoms with Gasteiger partial charge in [0.2, 0.25) is 0 Å². The van der Waals surface area contributed by atoms with Crippen LogP contribution in [0.3, 0.4) is 0 Å². The first-order chi connectivity index (χ1) is 13.4. The number of aromatic nitrogens is 2. The number of carbonyl (C=O) groups is 1. The smallest absolute Gasteiger partial charge is 0.265 e. The molecule has 1 atom stereocenters. The van der Waals surface area contributed by atoms with Gasteiger partial charge in [-0.3, -0.25) is 14.2 Å². The van der Waals surface area contributed by atoms with Crippen LogP contribution >= 0.6 is 0 Å². The molecule has 1 saturated heterocycles. The molecule has 4 rings (SSSR count). The predicted octanol–water partition coefficient (Wildman–Crippen LogP) is 1.64. The van der Waals surface area contributed by atoms with E-state index in [1.807, 2.05) is 6.07 Å². The number of sulfone groups is 1. The van der Waals surface area contributed by atoms with Gasteiger partial charge in [0.05, 0.1) is 28.1 Å². The Morgan fingerprint density at radius 1 is 1.14 bits per heavy atom.